The molecule has 1 saturated heterocycles. The van der Waals surface area contributed by atoms with Crippen molar-refractivity contribution in [2.75, 3.05) is 36.4 Å². The van der Waals surface area contributed by atoms with Crippen LogP contribution in [-0.2, 0) is 6.54 Å². The van der Waals surface area contributed by atoms with Gasteiger partial charge in [0.25, 0.3) is 5.91 Å². The van der Waals surface area contributed by atoms with Crippen molar-refractivity contribution in [2.24, 2.45) is 0 Å². The molecule has 0 atom stereocenters. The van der Waals surface area contributed by atoms with E-state index in [0.717, 1.165) is 49.0 Å². The number of hydrogen-bond acceptors (Lipinski definition) is 5. The number of thiocarbonyl (C=S) groups is 1. The molecule has 0 radical (unpaired) electrons. The van der Waals surface area contributed by atoms with Crippen LogP contribution in [0.4, 0.5) is 11.4 Å². The van der Waals surface area contributed by atoms with Crippen LogP contribution in [0.5, 0.6) is 0 Å². The monoisotopic (exact) mass is 632 g/mol. The number of carbonyl (C=O) groups excluding carboxylic acids is 1. The number of hydrogen-bond donors (Lipinski definition) is 2. The molecule has 3 aromatic carbocycles. The first-order chi connectivity index (χ1) is 19.3. The number of halogens is 4. The number of anilines is 2. The third kappa shape index (κ3) is 6.74. The molecule has 40 heavy (non-hydrogen) atoms. The number of piperazine rings is 1. The molecular weight excluding hydrogens is 610 g/mol. The predicted molar refractivity (Wildman–Crippen MR) is 168 cm³/mol. The van der Waals surface area contributed by atoms with E-state index < -0.39 is 5.91 Å². The normalized spacial score (nSPS) is 13.8. The second-order valence-corrected chi connectivity index (χ2v) is 11.2. The number of nitrogens with one attached hydrogen (secondary N) is 2. The van der Waals surface area contributed by atoms with Gasteiger partial charge in [-0.25, -0.2) is 0 Å². The van der Waals surface area contributed by atoms with Crippen molar-refractivity contribution in [3.05, 3.63) is 104 Å². The molecule has 2 heterocycles. The third-order valence-corrected chi connectivity index (χ3v) is 8.24. The fourth-order valence-electron chi connectivity index (χ4n) is 4.48. The molecule has 11 heteroatoms. The van der Waals surface area contributed by atoms with Crippen LogP contribution in [0, 0.1) is 0 Å². The maximum Gasteiger partial charge on any atom is 0.293 e. The molecular formula is C29H24Cl4N4O2S. The van der Waals surface area contributed by atoms with E-state index in [1.807, 2.05) is 30.3 Å². The van der Waals surface area contributed by atoms with E-state index in [4.69, 9.17) is 63.0 Å². The average molecular weight is 634 g/mol. The van der Waals surface area contributed by atoms with Crippen molar-refractivity contribution in [2.45, 2.75) is 6.54 Å². The Kier molecular flexibility index (Phi) is 9.20. The van der Waals surface area contributed by atoms with Gasteiger partial charge in [-0.1, -0.05) is 70.7 Å². The van der Waals surface area contributed by atoms with Gasteiger partial charge in [0, 0.05) is 49.0 Å². The maximum absolute atomic E-state index is 12.7. The lowest BCUT2D eigenvalue weighted by atomic mass is 10.2. The van der Waals surface area contributed by atoms with Crippen LogP contribution >= 0.6 is 58.6 Å². The van der Waals surface area contributed by atoms with Gasteiger partial charge in [0.15, 0.2) is 10.9 Å². The maximum atomic E-state index is 12.7. The number of benzene rings is 3. The molecule has 206 valence electrons. The van der Waals surface area contributed by atoms with Gasteiger partial charge in [0.1, 0.15) is 5.76 Å². The zero-order valence-corrected chi connectivity index (χ0v) is 24.9. The van der Waals surface area contributed by atoms with E-state index in [2.05, 4.69) is 26.5 Å². The number of rotatable bonds is 6. The Balaban J connectivity index is 1.15. The molecule has 1 aliphatic rings. The summed E-state index contributed by atoms with van der Waals surface area (Å²) < 4.78 is 5.69. The average Bonchev–Trinajstić information content (AvgIpc) is 3.43. The number of furan rings is 1. The highest BCUT2D eigenvalue weighted by molar-refractivity contribution is 7.80. The molecule has 0 spiro atoms. The van der Waals surface area contributed by atoms with Gasteiger partial charge < -0.3 is 14.6 Å². The molecule has 2 N–H and O–H groups in total. The zero-order valence-electron chi connectivity index (χ0n) is 21.1. The fraction of sp³-hybridized carbons (Fsp3) is 0.172. The summed E-state index contributed by atoms with van der Waals surface area (Å²) in [5, 5.41) is 7.87. The van der Waals surface area contributed by atoms with Crippen molar-refractivity contribution in [3.8, 4) is 11.3 Å². The van der Waals surface area contributed by atoms with Crippen LogP contribution in [0.1, 0.15) is 16.1 Å². The van der Waals surface area contributed by atoms with Crippen LogP contribution in [0.2, 0.25) is 20.1 Å². The van der Waals surface area contributed by atoms with Crippen LogP contribution in [0.3, 0.4) is 0 Å². The molecule has 1 aliphatic heterocycles. The Morgan fingerprint density at radius 1 is 0.850 bits per heavy atom. The van der Waals surface area contributed by atoms with Crippen LogP contribution < -0.4 is 15.5 Å². The quantitative estimate of drug-likeness (QED) is 0.210. The first kappa shape index (κ1) is 28.7. The fourth-order valence-corrected chi connectivity index (χ4v) is 5.58. The smallest absolute Gasteiger partial charge is 0.293 e. The molecule has 4 aromatic rings. The van der Waals surface area contributed by atoms with E-state index in [1.165, 1.54) is 0 Å². The Labute approximate surface area is 257 Å². The van der Waals surface area contributed by atoms with Gasteiger partial charge in [-0.15, -0.1) is 0 Å². The van der Waals surface area contributed by atoms with E-state index >= 15 is 0 Å². The Morgan fingerprint density at radius 3 is 2.35 bits per heavy atom. The van der Waals surface area contributed by atoms with Gasteiger partial charge in [-0.05, 0) is 66.3 Å². The Bertz CT molecular complexity index is 1550. The van der Waals surface area contributed by atoms with Crippen LogP contribution in [0.25, 0.3) is 11.3 Å². The molecule has 5 rings (SSSR count). The van der Waals surface area contributed by atoms with Crippen molar-refractivity contribution in [1.82, 2.24) is 10.2 Å². The van der Waals surface area contributed by atoms with Crippen molar-refractivity contribution < 1.29 is 9.21 Å². The summed E-state index contributed by atoms with van der Waals surface area (Å²) >= 11 is 30.7. The number of nitrogens with zero attached hydrogens (tertiary/aromatic N) is 2. The Morgan fingerprint density at radius 2 is 1.60 bits per heavy atom. The summed E-state index contributed by atoms with van der Waals surface area (Å²) in [6, 6.07) is 21.9. The van der Waals surface area contributed by atoms with Gasteiger partial charge in [-0.2, -0.15) is 0 Å². The minimum absolute atomic E-state index is 0.0808. The standard InChI is InChI=1S/C29H24Cl4N4O2S/c30-21-6-2-1-4-18(21)17-36-12-14-37(15-13-36)24-9-8-19(16-23(24)32)34-29(40)35-28(38)26-11-10-25(39-26)20-5-3-7-22(31)27(20)33/h1-11,16H,12-15,17H2,(H2,34,35,38,40). The summed E-state index contributed by atoms with van der Waals surface area (Å²) in [6.07, 6.45) is 0. The zero-order chi connectivity index (χ0) is 28.2. The SMILES string of the molecule is O=C(NC(=S)Nc1ccc(N2CCN(Cc3ccccc3Cl)CC2)c(Cl)c1)c1ccc(-c2cccc(Cl)c2Cl)o1. The van der Waals surface area contributed by atoms with Gasteiger partial charge in [0.2, 0.25) is 0 Å². The molecule has 1 aromatic heterocycles. The Hall–Kier alpha value is -2.78. The van der Waals surface area contributed by atoms with Crippen LogP contribution in [-0.4, -0.2) is 42.1 Å². The lowest BCUT2D eigenvalue weighted by molar-refractivity contribution is 0.0951. The van der Waals surface area contributed by atoms with Crippen molar-refractivity contribution >= 4 is 81.0 Å². The summed E-state index contributed by atoms with van der Waals surface area (Å²) in [7, 11) is 0. The minimum atomic E-state index is -0.501. The van der Waals surface area contributed by atoms with Gasteiger partial charge >= 0.3 is 0 Å². The lowest BCUT2D eigenvalue weighted by Crippen LogP contribution is -2.46. The first-order valence-electron chi connectivity index (χ1n) is 12.5. The van der Waals surface area contributed by atoms with E-state index in [9.17, 15) is 4.79 Å². The first-order valence-corrected chi connectivity index (χ1v) is 14.4. The van der Waals surface area contributed by atoms with Gasteiger partial charge in [-0.3, -0.25) is 15.0 Å². The predicted octanol–water partition coefficient (Wildman–Crippen LogP) is 8.01. The number of carbonyl (C=O) groups is 1. The summed E-state index contributed by atoms with van der Waals surface area (Å²) in [5.74, 6) is 0.000115. The molecule has 0 unspecified atom stereocenters. The molecule has 1 amide bonds. The van der Waals surface area contributed by atoms with E-state index in [1.54, 1.807) is 36.4 Å². The third-order valence-electron chi connectivity index (χ3n) is 6.54. The largest absolute Gasteiger partial charge is 0.451 e. The molecule has 0 aliphatic carbocycles. The molecule has 6 nitrogen and oxygen atoms in total. The molecule has 0 bridgehead atoms. The highest BCUT2D eigenvalue weighted by Crippen LogP contribution is 2.34. The minimum Gasteiger partial charge on any atom is -0.451 e. The topological polar surface area (TPSA) is 60.8 Å². The summed E-state index contributed by atoms with van der Waals surface area (Å²) in [4.78, 5) is 17.3. The van der Waals surface area contributed by atoms with Crippen LogP contribution in [0.15, 0.2) is 77.2 Å². The van der Waals surface area contributed by atoms with Gasteiger partial charge in [0.05, 0.1) is 20.8 Å². The second kappa shape index (κ2) is 12.8. The van der Waals surface area contributed by atoms with Crippen molar-refractivity contribution in [3.63, 3.8) is 0 Å². The number of amides is 1. The van der Waals surface area contributed by atoms with E-state index in [0.29, 0.717) is 32.1 Å². The lowest BCUT2D eigenvalue weighted by Gasteiger charge is -2.36. The highest BCUT2D eigenvalue weighted by Gasteiger charge is 2.20. The second-order valence-electron chi connectivity index (χ2n) is 9.19. The molecule has 0 saturated carbocycles. The summed E-state index contributed by atoms with van der Waals surface area (Å²) in [5.41, 5.74) is 3.32. The highest BCUT2D eigenvalue weighted by atomic mass is 35.5. The van der Waals surface area contributed by atoms with Crippen molar-refractivity contribution in [1.29, 1.82) is 0 Å². The molecule has 1 fully saturated rings. The van der Waals surface area contributed by atoms with E-state index in [-0.39, 0.29) is 10.9 Å². The summed E-state index contributed by atoms with van der Waals surface area (Å²) in [6.45, 7) is 4.31.